The molecular formula is C32H37NO6S. The zero-order valence-electron chi connectivity index (χ0n) is 24.1. The maximum atomic E-state index is 15.2. The zero-order valence-corrected chi connectivity index (χ0v) is 24.9. The Hall–Kier alpha value is -3.62. The van der Waals surface area contributed by atoms with Crippen LogP contribution in [0.1, 0.15) is 44.2 Å². The Balaban J connectivity index is 1.88. The van der Waals surface area contributed by atoms with Crippen LogP contribution in [0.25, 0.3) is 0 Å². The van der Waals surface area contributed by atoms with Gasteiger partial charge in [0.2, 0.25) is 0 Å². The molecule has 0 N–H and O–H groups in total. The van der Waals surface area contributed by atoms with Gasteiger partial charge in [-0.2, -0.15) is 0 Å². The van der Waals surface area contributed by atoms with E-state index in [9.17, 15) is 4.79 Å². The maximum absolute atomic E-state index is 15.2. The third kappa shape index (κ3) is 5.64. The van der Waals surface area contributed by atoms with E-state index in [1.54, 1.807) is 32.4 Å². The van der Waals surface area contributed by atoms with Gasteiger partial charge in [0.15, 0.2) is 23.0 Å². The monoisotopic (exact) mass is 563 g/mol. The Kier molecular flexibility index (Phi) is 9.01. The lowest BCUT2D eigenvalue weighted by atomic mass is 9.84. The first kappa shape index (κ1) is 29.4. The predicted molar refractivity (Wildman–Crippen MR) is 158 cm³/mol. The van der Waals surface area contributed by atoms with Gasteiger partial charge in [-0.3, -0.25) is 4.79 Å². The molecule has 7 nitrogen and oxygen atoms in total. The fourth-order valence-corrected chi connectivity index (χ4v) is 8.37. The average molecular weight is 564 g/mol. The summed E-state index contributed by atoms with van der Waals surface area (Å²) in [5.74, 6) is 0.851. The minimum atomic E-state index is -3.06. The van der Waals surface area contributed by atoms with Crippen molar-refractivity contribution in [2.75, 3.05) is 21.3 Å². The minimum Gasteiger partial charge on any atom is -0.626 e. The second-order valence-corrected chi connectivity index (χ2v) is 12.5. The highest BCUT2D eigenvalue weighted by atomic mass is 32.3. The summed E-state index contributed by atoms with van der Waals surface area (Å²) in [4.78, 5) is 13.9. The Labute approximate surface area is 238 Å². The van der Waals surface area contributed by atoms with E-state index < -0.39 is 21.3 Å². The van der Waals surface area contributed by atoms with Crippen LogP contribution in [-0.2, 0) is 14.9 Å². The summed E-state index contributed by atoms with van der Waals surface area (Å²) in [6.45, 7) is 7.88. The van der Waals surface area contributed by atoms with E-state index in [1.165, 1.54) is 7.11 Å². The maximum Gasteiger partial charge on any atom is 0.311 e. The van der Waals surface area contributed by atoms with Crippen LogP contribution >= 0.6 is 0 Å². The first-order valence-corrected chi connectivity index (χ1v) is 14.8. The number of ether oxygens (including phenoxy) is 4. The third-order valence-corrected chi connectivity index (χ3v) is 10.0. The van der Waals surface area contributed by atoms with Crippen molar-refractivity contribution >= 4 is 21.8 Å². The van der Waals surface area contributed by atoms with Crippen molar-refractivity contribution in [2.24, 2.45) is 10.3 Å². The van der Waals surface area contributed by atoms with Crippen molar-refractivity contribution in [1.82, 2.24) is 0 Å². The second kappa shape index (κ2) is 12.3. The summed E-state index contributed by atoms with van der Waals surface area (Å²) in [6.07, 6.45) is 2.16. The van der Waals surface area contributed by atoms with Crippen molar-refractivity contribution in [3.05, 3.63) is 83.4 Å². The lowest BCUT2D eigenvalue weighted by Crippen LogP contribution is -2.41. The number of hydrogen-bond donors (Lipinski definition) is 0. The molecule has 40 heavy (non-hydrogen) atoms. The number of allylic oxidation sites excluding steroid dienone is 2. The quantitative estimate of drug-likeness (QED) is 0.118. The largest absolute Gasteiger partial charge is 0.626 e. The molecule has 0 spiro atoms. The second-order valence-electron chi connectivity index (χ2n) is 10.2. The highest BCUT2D eigenvalue weighted by molar-refractivity contribution is 8.00. The van der Waals surface area contributed by atoms with Crippen molar-refractivity contribution in [3.63, 3.8) is 0 Å². The van der Waals surface area contributed by atoms with Crippen LogP contribution in [-0.4, -0.2) is 37.1 Å². The predicted octanol–water partition coefficient (Wildman–Crippen LogP) is 7.24. The molecule has 0 saturated carbocycles. The lowest BCUT2D eigenvalue weighted by molar-refractivity contribution is -0.135. The first-order chi connectivity index (χ1) is 19.1. The fraction of sp³-hybridized carbons (Fsp3) is 0.344. The van der Waals surface area contributed by atoms with E-state index in [-0.39, 0.29) is 18.3 Å². The number of para-hydroxylation sites is 2. The normalized spacial score (nSPS) is 20.4. The molecule has 0 fully saturated rings. The van der Waals surface area contributed by atoms with Crippen LogP contribution in [0.5, 0.6) is 23.0 Å². The molecule has 0 saturated heterocycles. The number of benzene rings is 3. The molecule has 0 aromatic heterocycles. The van der Waals surface area contributed by atoms with Crippen LogP contribution in [0.3, 0.4) is 0 Å². The molecule has 0 radical (unpaired) electrons. The molecule has 0 bridgehead atoms. The van der Waals surface area contributed by atoms with Gasteiger partial charge >= 0.3 is 5.97 Å². The van der Waals surface area contributed by atoms with E-state index in [4.69, 9.17) is 23.3 Å². The fourth-order valence-electron chi connectivity index (χ4n) is 5.42. The van der Waals surface area contributed by atoms with Crippen molar-refractivity contribution in [2.45, 2.75) is 50.2 Å². The van der Waals surface area contributed by atoms with E-state index in [2.05, 4.69) is 6.08 Å². The van der Waals surface area contributed by atoms with E-state index >= 15 is 4.55 Å². The summed E-state index contributed by atoms with van der Waals surface area (Å²) >= 11 is 0. The number of methoxy groups -OCH3 is 3. The average Bonchev–Trinajstić information content (AvgIpc) is 2.93. The van der Waals surface area contributed by atoms with Gasteiger partial charge in [0, 0.05) is 11.5 Å². The Morgan fingerprint density at radius 2 is 1.60 bits per heavy atom. The van der Waals surface area contributed by atoms with Crippen LogP contribution < -0.4 is 18.9 Å². The molecule has 4 rings (SSSR count). The molecule has 4 atom stereocenters. The first-order valence-electron chi connectivity index (χ1n) is 13.2. The number of fused-ring (bicyclic) bond motifs is 1. The third-order valence-electron chi connectivity index (χ3n) is 7.15. The number of carbonyl (C=O) groups excluding carboxylic acids is 1. The molecule has 3 aromatic rings. The number of carbonyl (C=O) groups is 1. The summed E-state index contributed by atoms with van der Waals surface area (Å²) in [7, 11) is 1.65. The van der Waals surface area contributed by atoms with E-state index in [1.807, 2.05) is 70.2 Å². The van der Waals surface area contributed by atoms with Gasteiger partial charge in [-0.15, -0.1) is 4.36 Å². The summed E-state index contributed by atoms with van der Waals surface area (Å²) in [5, 5.41) is -0.528. The zero-order chi connectivity index (χ0) is 29.0. The lowest BCUT2D eigenvalue weighted by Gasteiger charge is -2.42. The van der Waals surface area contributed by atoms with Gasteiger partial charge in [0.1, 0.15) is 15.8 Å². The molecular weight excluding hydrogens is 526 g/mol. The van der Waals surface area contributed by atoms with Crippen LogP contribution in [0.4, 0.5) is 5.69 Å². The molecule has 8 heteroatoms. The minimum absolute atomic E-state index is 0.0385. The molecule has 0 aliphatic carbocycles. The summed E-state index contributed by atoms with van der Waals surface area (Å²) in [5.41, 5.74) is 3.35. The van der Waals surface area contributed by atoms with Gasteiger partial charge < -0.3 is 23.5 Å². The van der Waals surface area contributed by atoms with Crippen LogP contribution in [0.15, 0.2) is 81.6 Å². The standard InChI is InChI=1S/C32H37NO6S/c1-20(2)17-25-24-19-28(37-6)31(38-7)22(4)30(24)33-40(35,23-13-9-8-10-14-23)32(25)21(3)18-29(34)39-27-16-12-11-15-26(27)36-5/h8-17,19,21,25,32H,18H2,1-7H3/t21-,25-,32+,40?/m0/s1. The number of esters is 1. The number of nitrogens with zero attached hydrogens (tertiary/aromatic N) is 1. The van der Waals surface area contributed by atoms with Crippen LogP contribution in [0, 0.1) is 12.8 Å². The SMILES string of the molecule is COc1ccccc1OC(=O)C[C@H](C)[C@@H]1[C@@H](C=C(C)C)c2cc(OC)c(OC)c(C)c2N=[S+]1([O-])c1ccccc1. The summed E-state index contributed by atoms with van der Waals surface area (Å²) < 4.78 is 42.6. The number of rotatable bonds is 9. The number of hydrogen-bond acceptors (Lipinski definition) is 7. The van der Waals surface area contributed by atoms with Crippen molar-refractivity contribution < 1.29 is 28.3 Å². The molecule has 0 amide bonds. The van der Waals surface area contributed by atoms with E-state index in [0.717, 1.165) is 16.7 Å². The molecule has 1 aliphatic rings. The highest BCUT2D eigenvalue weighted by Gasteiger charge is 2.46. The molecule has 1 unspecified atom stereocenters. The van der Waals surface area contributed by atoms with Crippen molar-refractivity contribution in [1.29, 1.82) is 0 Å². The Morgan fingerprint density at radius 1 is 0.975 bits per heavy atom. The molecule has 212 valence electrons. The van der Waals surface area contributed by atoms with Gasteiger partial charge in [0.25, 0.3) is 0 Å². The van der Waals surface area contributed by atoms with Gasteiger partial charge in [-0.25, -0.2) is 0 Å². The summed E-state index contributed by atoms with van der Waals surface area (Å²) in [6, 6.07) is 18.2. The highest BCUT2D eigenvalue weighted by Crippen LogP contribution is 2.53. The van der Waals surface area contributed by atoms with E-state index in [0.29, 0.717) is 33.6 Å². The van der Waals surface area contributed by atoms with Crippen LogP contribution in [0.2, 0.25) is 0 Å². The smallest absolute Gasteiger partial charge is 0.311 e. The van der Waals surface area contributed by atoms with Gasteiger partial charge in [-0.1, -0.05) is 48.9 Å². The molecule has 1 heterocycles. The topological polar surface area (TPSA) is 89.4 Å². The Bertz CT molecular complexity index is 1460. The molecule has 1 aliphatic heterocycles. The Morgan fingerprint density at radius 3 is 2.20 bits per heavy atom. The van der Waals surface area contributed by atoms with Gasteiger partial charge in [0.05, 0.1) is 33.7 Å². The van der Waals surface area contributed by atoms with Crippen molar-refractivity contribution in [3.8, 4) is 23.0 Å². The van der Waals surface area contributed by atoms with Gasteiger partial charge in [-0.05, 0) is 66.8 Å². The molecule has 3 aromatic carbocycles.